The van der Waals surface area contributed by atoms with E-state index in [2.05, 4.69) is 20.3 Å². The zero-order valence-corrected chi connectivity index (χ0v) is 24.9. The van der Waals surface area contributed by atoms with E-state index >= 15 is 8.78 Å². The van der Waals surface area contributed by atoms with E-state index in [0.29, 0.717) is 18.4 Å². The second-order valence-corrected chi connectivity index (χ2v) is 14.7. The Balaban J connectivity index is 1.62. The summed E-state index contributed by atoms with van der Waals surface area (Å²) in [5.74, 6) is -1.34. The van der Waals surface area contributed by atoms with Crippen molar-refractivity contribution in [2.45, 2.75) is 76.7 Å². The largest absolute Gasteiger partial charge is 0.476 e. The third-order valence-electron chi connectivity index (χ3n) is 7.23. The van der Waals surface area contributed by atoms with Gasteiger partial charge in [-0.05, 0) is 84.1 Å². The molecule has 1 aliphatic heterocycles. The Hall–Kier alpha value is -3.41. The fourth-order valence-electron chi connectivity index (χ4n) is 4.47. The Morgan fingerprint density at radius 3 is 2.46 bits per heavy atom. The highest BCUT2D eigenvalue weighted by molar-refractivity contribution is 7.93. The predicted molar refractivity (Wildman–Crippen MR) is 152 cm³/mol. The van der Waals surface area contributed by atoms with Gasteiger partial charge in [0.2, 0.25) is 5.88 Å². The quantitative estimate of drug-likeness (QED) is 0.465. The molecular formula is C29H36F2N4O5S. The molecule has 2 aromatic rings. The van der Waals surface area contributed by atoms with Crippen molar-refractivity contribution in [3.63, 3.8) is 0 Å². The van der Waals surface area contributed by atoms with Crippen molar-refractivity contribution in [3.05, 3.63) is 53.2 Å². The predicted octanol–water partition coefficient (Wildman–Crippen LogP) is 5.61. The molecular weight excluding hydrogens is 554 g/mol. The number of carbonyl (C=O) groups excluding carboxylic acids is 1. The highest BCUT2D eigenvalue weighted by atomic mass is 32.2. The molecule has 2 aliphatic rings. The summed E-state index contributed by atoms with van der Waals surface area (Å²) in [5.41, 5.74) is -2.32. The van der Waals surface area contributed by atoms with E-state index in [1.165, 1.54) is 51.7 Å². The monoisotopic (exact) mass is 590 g/mol. The molecule has 0 bridgehead atoms. The van der Waals surface area contributed by atoms with Gasteiger partial charge in [-0.25, -0.2) is 32.0 Å². The van der Waals surface area contributed by atoms with Gasteiger partial charge in [-0.15, -0.1) is 0 Å². The number of sulfone groups is 1. The topological polar surface area (TPSA) is 120 Å². The molecule has 1 fully saturated rings. The summed E-state index contributed by atoms with van der Waals surface area (Å²) in [7, 11) is -3.95. The van der Waals surface area contributed by atoms with Crippen LogP contribution in [0.4, 0.5) is 13.6 Å². The summed E-state index contributed by atoms with van der Waals surface area (Å²) in [6.45, 7) is 9.82. The molecule has 41 heavy (non-hydrogen) atoms. The third-order valence-corrected chi connectivity index (χ3v) is 9.92. The van der Waals surface area contributed by atoms with Crippen LogP contribution in [0.3, 0.4) is 0 Å². The van der Waals surface area contributed by atoms with Crippen molar-refractivity contribution in [2.75, 3.05) is 12.4 Å². The highest BCUT2D eigenvalue weighted by Gasteiger charge is 2.51. The lowest BCUT2D eigenvalue weighted by atomic mass is 9.86. The SMILES string of the molecule is CC(C)(C)OC(=O)NC1=N[C@](C)(c2cc(/C=C(\F)c3cnc(OCC4CCC4)cn3)ccc2F)CS(=O)(=O)C1(C)C. The first kappa shape index (κ1) is 30.5. The number of hydrogen-bond donors (Lipinski definition) is 1. The van der Waals surface area contributed by atoms with E-state index in [1.807, 2.05) is 0 Å². The molecule has 1 aliphatic carbocycles. The number of aliphatic imine (C=N–C) groups is 1. The molecule has 0 unspecified atom stereocenters. The van der Waals surface area contributed by atoms with E-state index in [9.17, 15) is 13.2 Å². The minimum atomic E-state index is -3.95. The maximum Gasteiger partial charge on any atom is 0.413 e. The zero-order valence-electron chi connectivity index (χ0n) is 24.1. The molecule has 1 saturated carbocycles. The molecule has 1 amide bonds. The van der Waals surface area contributed by atoms with E-state index < -0.39 is 49.2 Å². The highest BCUT2D eigenvalue weighted by Crippen LogP contribution is 2.39. The number of nitrogens with one attached hydrogen (secondary N) is 1. The Bertz CT molecular complexity index is 1480. The number of ether oxygens (including phenoxy) is 2. The van der Waals surface area contributed by atoms with Crippen molar-refractivity contribution >= 4 is 33.7 Å². The lowest BCUT2D eigenvalue weighted by Crippen LogP contribution is -2.58. The van der Waals surface area contributed by atoms with Gasteiger partial charge in [-0.1, -0.05) is 12.5 Å². The summed E-state index contributed by atoms with van der Waals surface area (Å²) >= 11 is 0. The van der Waals surface area contributed by atoms with Gasteiger partial charge in [-0.2, -0.15) is 0 Å². The number of nitrogens with zero attached hydrogens (tertiary/aromatic N) is 3. The summed E-state index contributed by atoms with van der Waals surface area (Å²) in [6.07, 6.45) is 6.31. The Labute approximate surface area is 239 Å². The van der Waals surface area contributed by atoms with Crippen molar-refractivity contribution in [1.29, 1.82) is 0 Å². The maximum absolute atomic E-state index is 15.2. The van der Waals surface area contributed by atoms with Gasteiger partial charge in [0.1, 0.15) is 33.2 Å². The van der Waals surface area contributed by atoms with Crippen LogP contribution in [-0.2, 0) is 20.1 Å². The number of amidine groups is 1. The van der Waals surface area contributed by atoms with Gasteiger partial charge >= 0.3 is 6.09 Å². The van der Waals surface area contributed by atoms with E-state index in [4.69, 9.17) is 9.47 Å². The first-order valence-electron chi connectivity index (χ1n) is 13.4. The first-order chi connectivity index (χ1) is 19.0. The minimum absolute atomic E-state index is 0.0399. The fraction of sp³-hybridized carbons (Fsp3) is 0.517. The van der Waals surface area contributed by atoms with Crippen molar-refractivity contribution in [3.8, 4) is 5.88 Å². The normalized spacial score (nSPS) is 22.3. The molecule has 1 N–H and O–H groups in total. The standard InChI is InChI=1S/C29H36F2N4O5S/c1-27(2,3)40-26(36)34-25-28(4,5)41(37,38)17-29(6,35-25)20-12-19(10-11-21(20)30)13-22(31)23-14-33-24(15-32-23)39-16-18-8-7-9-18/h10-15,18H,7-9,16-17H2,1-6H3,(H,34,35,36)/b22-13-/t29-/m0/s1. The average molecular weight is 591 g/mol. The van der Waals surface area contributed by atoms with Crippen molar-refractivity contribution < 1.29 is 31.5 Å². The molecule has 0 saturated heterocycles. The van der Waals surface area contributed by atoms with Gasteiger partial charge in [0.05, 0.1) is 24.8 Å². The van der Waals surface area contributed by atoms with Gasteiger partial charge < -0.3 is 9.47 Å². The number of halogens is 2. The van der Waals surface area contributed by atoms with Crippen LogP contribution in [0.2, 0.25) is 0 Å². The number of alkyl carbamates (subject to hydrolysis) is 1. The molecule has 2 heterocycles. The second kappa shape index (κ2) is 11.1. The third kappa shape index (κ3) is 6.91. The number of benzene rings is 1. The van der Waals surface area contributed by atoms with Crippen molar-refractivity contribution in [1.82, 2.24) is 15.3 Å². The summed E-state index contributed by atoms with van der Waals surface area (Å²) in [6, 6.07) is 3.81. The second-order valence-electron chi connectivity index (χ2n) is 12.2. The minimum Gasteiger partial charge on any atom is -0.476 e. The summed E-state index contributed by atoms with van der Waals surface area (Å²) in [5, 5.41) is 2.45. The zero-order chi connectivity index (χ0) is 30.2. The first-order valence-corrected chi connectivity index (χ1v) is 15.1. The molecule has 0 radical (unpaired) electrons. The molecule has 222 valence electrons. The lowest BCUT2D eigenvalue weighted by Gasteiger charge is -2.39. The maximum atomic E-state index is 15.2. The Kier molecular flexibility index (Phi) is 8.28. The number of amides is 1. The van der Waals surface area contributed by atoms with Crippen LogP contribution in [-0.4, -0.2) is 53.0 Å². The fourth-order valence-corrected chi connectivity index (χ4v) is 6.18. The van der Waals surface area contributed by atoms with Crippen LogP contribution in [0.1, 0.15) is 77.6 Å². The molecule has 0 spiro atoms. The Morgan fingerprint density at radius 1 is 1.17 bits per heavy atom. The van der Waals surface area contributed by atoms with Crippen LogP contribution in [0.5, 0.6) is 5.88 Å². The molecule has 12 heteroatoms. The van der Waals surface area contributed by atoms with Crippen LogP contribution < -0.4 is 10.1 Å². The van der Waals surface area contributed by atoms with E-state index in [1.54, 1.807) is 20.8 Å². The average Bonchev–Trinajstić information content (AvgIpc) is 2.82. The van der Waals surface area contributed by atoms with Crippen LogP contribution in [0, 0.1) is 11.7 Å². The summed E-state index contributed by atoms with van der Waals surface area (Å²) in [4.78, 5) is 25.2. The number of hydrogen-bond acceptors (Lipinski definition) is 8. The molecule has 1 aromatic heterocycles. The molecule has 9 nitrogen and oxygen atoms in total. The lowest BCUT2D eigenvalue weighted by molar-refractivity contribution is 0.0560. The molecule has 1 atom stereocenters. The van der Waals surface area contributed by atoms with E-state index in [-0.39, 0.29) is 22.7 Å². The smallest absolute Gasteiger partial charge is 0.413 e. The van der Waals surface area contributed by atoms with Crippen molar-refractivity contribution in [2.24, 2.45) is 10.9 Å². The van der Waals surface area contributed by atoms with Crippen LogP contribution in [0.25, 0.3) is 11.9 Å². The van der Waals surface area contributed by atoms with E-state index in [0.717, 1.165) is 25.0 Å². The summed E-state index contributed by atoms with van der Waals surface area (Å²) < 4.78 is 66.3. The number of carbonyl (C=O) groups is 1. The van der Waals surface area contributed by atoms with Crippen LogP contribution in [0.15, 0.2) is 35.6 Å². The van der Waals surface area contributed by atoms with Gasteiger partial charge in [-0.3, -0.25) is 10.3 Å². The van der Waals surface area contributed by atoms with Crippen LogP contribution >= 0.6 is 0 Å². The van der Waals surface area contributed by atoms with Gasteiger partial charge in [0.25, 0.3) is 0 Å². The molecule has 4 rings (SSSR count). The Morgan fingerprint density at radius 2 is 1.88 bits per heavy atom. The number of rotatable bonds is 6. The molecule has 1 aromatic carbocycles. The number of aromatic nitrogens is 2. The van der Waals surface area contributed by atoms with Gasteiger partial charge in [0.15, 0.2) is 15.7 Å². The van der Waals surface area contributed by atoms with Gasteiger partial charge in [0, 0.05) is 5.56 Å².